The number of aliphatic hydroxyl groups is 3. The van der Waals surface area contributed by atoms with Crippen molar-refractivity contribution in [1.29, 1.82) is 0 Å². The van der Waals surface area contributed by atoms with Crippen molar-refractivity contribution in [2.75, 3.05) is 6.61 Å². The van der Waals surface area contributed by atoms with Crippen molar-refractivity contribution in [3.8, 4) is 59.2 Å². The topological polar surface area (TPSA) is 150 Å². The van der Waals surface area contributed by atoms with Crippen LogP contribution in [0.1, 0.15) is 118 Å². The summed E-state index contributed by atoms with van der Waals surface area (Å²) in [5.41, 5.74) is 2.10. The van der Waals surface area contributed by atoms with Crippen LogP contribution in [0, 0.1) is 82.9 Å². The number of hydrogen-bond acceptors (Lipinski definition) is 11. The van der Waals surface area contributed by atoms with Crippen LogP contribution in [-0.4, -0.2) is 119 Å². The van der Waals surface area contributed by atoms with Gasteiger partial charge >= 0.3 is 0 Å². The van der Waals surface area contributed by atoms with Crippen LogP contribution >= 0.6 is 0 Å². The summed E-state index contributed by atoms with van der Waals surface area (Å²) in [7, 11) is 0. The fourth-order valence-electron chi connectivity index (χ4n) is 10.7. The van der Waals surface area contributed by atoms with Gasteiger partial charge in [0.1, 0.15) is 29.9 Å². The molecule has 0 amide bonds. The molecular formula is C53H68O11. The summed E-state index contributed by atoms with van der Waals surface area (Å²) in [5.74, 6) is 25.8. The van der Waals surface area contributed by atoms with Gasteiger partial charge in [-0.3, -0.25) is 9.59 Å². The van der Waals surface area contributed by atoms with Gasteiger partial charge in [-0.1, -0.05) is 45.8 Å². The van der Waals surface area contributed by atoms with E-state index >= 15 is 0 Å². The van der Waals surface area contributed by atoms with Crippen molar-refractivity contribution in [1.82, 2.24) is 0 Å². The molecule has 18 atom stereocenters. The zero-order valence-corrected chi connectivity index (χ0v) is 38.3. The molecule has 3 unspecified atom stereocenters. The van der Waals surface area contributed by atoms with E-state index in [1.807, 2.05) is 6.92 Å². The molecule has 0 spiro atoms. The largest absolute Gasteiger partial charge is 0.394 e. The van der Waals surface area contributed by atoms with Gasteiger partial charge in [-0.15, -0.1) is 0 Å². The maximum absolute atomic E-state index is 13.8. The Morgan fingerprint density at radius 1 is 0.625 bits per heavy atom. The minimum Gasteiger partial charge on any atom is -0.394 e. The molecule has 8 bridgehead atoms. The van der Waals surface area contributed by atoms with Crippen molar-refractivity contribution < 1.29 is 53.3 Å². The molecule has 0 saturated carbocycles. The zero-order valence-electron chi connectivity index (χ0n) is 38.3. The van der Waals surface area contributed by atoms with Gasteiger partial charge in [-0.05, 0) is 135 Å². The Balaban J connectivity index is 0.000000497. The van der Waals surface area contributed by atoms with Gasteiger partial charge in [0.05, 0.1) is 73.8 Å². The molecule has 0 aromatic rings. The van der Waals surface area contributed by atoms with Crippen molar-refractivity contribution in [2.24, 2.45) is 23.7 Å². The number of carbonyl (C=O) groups excluding carboxylic acids is 2. The van der Waals surface area contributed by atoms with Gasteiger partial charge < -0.3 is 43.7 Å². The van der Waals surface area contributed by atoms with E-state index in [4.69, 9.17) is 28.4 Å². The monoisotopic (exact) mass is 880 g/mol. The van der Waals surface area contributed by atoms with Gasteiger partial charge in [0.15, 0.2) is 0 Å². The molecular weight excluding hydrogens is 813 g/mol. The van der Waals surface area contributed by atoms with E-state index in [1.165, 1.54) is 0 Å². The number of rotatable bonds is 3. The van der Waals surface area contributed by atoms with Crippen molar-refractivity contribution in [3.05, 3.63) is 24.3 Å². The summed E-state index contributed by atoms with van der Waals surface area (Å²) in [5, 5.41) is 31.5. The Morgan fingerprint density at radius 2 is 1.27 bits per heavy atom. The standard InChI is InChI=1S/C41H62O11.C12H6/c1-20-12-29-8-10-32-21(2)13-28(47-32)7-6-25(43)16-35-24(5)39-41(52-35)38(46)40-33(51-39)11-9-30(49-40)14-26(44)15-31-23(4)34(17-27(45)19-42)50-37(31)18-36(48-29)22(20)3;1-3-5-7-9-11-12-10-8-6-4-2/h20,23-24,27-42,45-46H,2-3,6-19H2,1,4-5H3;1-2H3/t20-,23-,24+,27+,28+,29+,30-,31?,32?,33+,34-,35-,36?,37+,38+,39+,40+,41+;/m1./s1. The highest BCUT2D eigenvalue weighted by Gasteiger charge is 2.56. The normalized spacial score (nSPS) is 40.0. The van der Waals surface area contributed by atoms with E-state index in [9.17, 15) is 24.9 Å². The third kappa shape index (κ3) is 12.8. The number of hydrogen-bond donors (Lipinski definition) is 3. The van der Waals surface area contributed by atoms with E-state index < -0.39 is 24.4 Å². The molecule has 7 aliphatic rings. The molecule has 7 aliphatic heterocycles. The summed E-state index contributed by atoms with van der Waals surface area (Å²) in [4.78, 5) is 27.1. The van der Waals surface area contributed by atoms with Crippen LogP contribution in [0.5, 0.6) is 0 Å². The summed E-state index contributed by atoms with van der Waals surface area (Å²) in [6.07, 6.45) is 1.93. The third-order valence-corrected chi connectivity index (χ3v) is 14.4. The quantitative estimate of drug-likeness (QED) is 0.254. The van der Waals surface area contributed by atoms with Crippen molar-refractivity contribution >= 4 is 11.6 Å². The average Bonchev–Trinajstić information content (AvgIpc) is 3.89. The molecule has 0 aromatic carbocycles. The molecule has 3 N–H and O–H groups in total. The summed E-state index contributed by atoms with van der Waals surface area (Å²) < 4.78 is 39.1. The van der Waals surface area contributed by atoms with Gasteiger partial charge in [0.25, 0.3) is 0 Å². The third-order valence-electron chi connectivity index (χ3n) is 14.4. The van der Waals surface area contributed by atoms with Crippen LogP contribution in [0.25, 0.3) is 0 Å². The van der Waals surface area contributed by atoms with E-state index in [-0.39, 0.29) is 116 Å². The highest BCUT2D eigenvalue weighted by molar-refractivity contribution is 5.79. The fourth-order valence-corrected chi connectivity index (χ4v) is 10.7. The van der Waals surface area contributed by atoms with E-state index in [2.05, 4.69) is 86.2 Å². The van der Waals surface area contributed by atoms with Crippen molar-refractivity contribution in [3.63, 3.8) is 0 Å². The van der Waals surface area contributed by atoms with Crippen LogP contribution in [0.4, 0.5) is 0 Å². The average molecular weight is 881 g/mol. The first kappa shape index (κ1) is 49.7. The molecule has 7 fully saturated rings. The lowest BCUT2D eigenvalue weighted by Crippen LogP contribution is -2.60. The van der Waals surface area contributed by atoms with Crippen LogP contribution in [0.3, 0.4) is 0 Å². The van der Waals surface area contributed by atoms with Crippen LogP contribution in [0.2, 0.25) is 0 Å². The highest BCUT2D eigenvalue weighted by atomic mass is 16.6. The lowest BCUT2D eigenvalue weighted by Gasteiger charge is -2.46. The lowest BCUT2D eigenvalue weighted by atomic mass is 9.78. The summed E-state index contributed by atoms with van der Waals surface area (Å²) in [6, 6.07) is 0. The number of fused-ring (bicyclic) bond motifs is 7. The minimum atomic E-state index is -0.922. The predicted molar refractivity (Wildman–Crippen MR) is 241 cm³/mol. The SMILES string of the molecule is C=C1C[C@@H]2CCC(=O)C[C@H]3O[C@H]4[C@@H](O)[C@H]5O[C@H](CC[C@@H]5O[C@H]4[C@H]3C)CC(=O)CC3[C@H](CC4O[C@@H](CCC1O2)C[C@@H](C)C4=C)O[C@H](C[C@H](O)CO)[C@@H]3C.CC#CC#CC#CC#CC#CC. The maximum Gasteiger partial charge on any atom is 0.135 e. The zero-order chi connectivity index (χ0) is 45.9. The number of ketones is 2. The summed E-state index contributed by atoms with van der Waals surface area (Å²) >= 11 is 0. The molecule has 0 aliphatic carbocycles. The van der Waals surface area contributed by atoms with Gasteiger partial charge in [0.2, 0.25) is 0 Å². The Morgan fingerprint density at radius 3 is 1.95 bits per heavy atom. The smallest absolute Gasteiger partial charge is 0.135 e. The van der Waals surface area contributed by atoms with Gasteiger partial charge in [-0.25, -0.2) is 0 Å². The molecule has 7 rings (SSSR count). The van der Waals surface area contributed by atoms with Crippen LogP contribution < -0.4 is 0 Å². The first-order valence-electron chi connectivity index (χ1n) is 23.4. The number of carbonyl (C=O) groups is 2. The molecule has 346 valence electrons. The molecule has 0 radical (unpaired) electrons. The maximum atomic E-state index is 13.8. The number of ether oxygens (including phenoxy) is 6. The Labute approximate surface area is 381 Å². The second-order valence-electron chi connectivity index (χ2n) is 18.8. The Bertz CT molecular complexity index is 1960. The molecule has 64 heavy (non-hydrogen) atoms. The van der Waals surface area contributed by atoms with E-state index in [0.29, 0.717) is 44.9 Å². The highest BCUT2D eigenvalue weighted by Crippen LogP contribution is 2.45. The molecule has 7 heterocycles. The second-order valence-corrected chi connectivity index (χ2v) is 18.8. The van der Waals surface area contributed by atoms with Crippen molar-refractivity contribution in [2.45, 2.75) is 204 Å². The fraction of sp³-hybridized carbons (Fsp3) is 0.698. The van der Waals surface area contributed by atoms with Crippen LogP contribution in [-0.2, 0) is 38.0 Å². The molecule has 11 nitrogen and oxygen atoms in total. The van der Waals surface area contributed by atoms with Gasteiger partial charge in [-0.2, -0.15) is 0 Å². The van der Waals surface area contributed by atoms with Crippen LogP contribution in [0.15, 0.2) is 24.3 Å². The Kier molecular flexibility index (Phi) is 18.3. The molecule has 7 saturated heterocycles. The van der Waals surface area contributed by atoms with E-state index in [0.717, 1.165) is 36.8 Å². The number of Topliss-reactive ketones (excluding diaryl/α,β-unsaturated/α-hetero) is 2. The Hall–Kier alpha value is -3.74. The predicted octanol–water partition coefficient (Wildman–Crippen LogP) is 5.21. The van der Waals surface area contributed by atoms with E-state index in [1.54, 1.807) is 13.8 Å². The minimum absolute atomic E-state index is 0.0158. The molecule has 0 aromatic heterocycles. The first-order valence-corrected chi connectivity index (χ1v) is 23.4. The molecule has 11 heteroatoms. The number of aliphatic hydroxyl groups excluding tert-OH is 3. The lowest BCUT2D eigenvalue weighted by molar-refractivity contribution is -0.256. The second kappa shape index (κ2) is 23.6. The van der Waals surface area contributed by atoms with Gasteiger partial charge in [0, 0.05) is 44.4 Å². The summed E-state index contributed by atoms with van der Waals surface area (Å²) in [6.45, 7) is 18.2. The first-order chi connectivity index (χ1) is 30.8.